The summed E-state index contributed by atoms with van der Waals surface area (Å²) in [6, 6.07) is 7.33. The molecule has 7 heteroatoms. The van der Waals surface area contributed by atoms with E-state index >= 15 is 0 Å². The van der Waals surface area contributed by atoms with Crippen LogP contribution in [0.1, 0.15) is 62.1 Å². The average molecular weight is 357 g/mol. The molecule has 2 heterocycles. The summed E-state index contributed by atoms with van der Waals surface area (Å²) in [6.07, 6.45) is 2.30. The van der Waals surface area contributed by atoms with Gasteiger partial charge in [-0.3, -0.25) is 4.79 Å². The molecule has 26 heavy (non-hydrogen) atoms. The minimum Gasteiger partial charge on any atom is -0.393 e. The smallest absolute Gasteiger partial charge is 0.269 e. The molecule has 140 valence electrons. The number of hydrogen-bond acceptors (Lipinski definition) is 5. The summed E-state index contributed by atoms with van der Waals surface area (Å²) in [4.78, 5) is 16.2. The van der Waals surface area contributed by atoms with Gasteiger partial charge < -0.3 is 15.7 Å². The molecule has 1 aliphatic carbocycles. The van der Waals surface area contributed by atoms with Crippen molar-refractivity contribution in [1.29, 1.82) is 0 Å². The molecule has 2 aromatic rings. The molecular weight excluding hydrogens is 330 g/mol. The Bertz CT molecular complexity index is 793. The maximum atomic E-state index is 11.8. The number of hydrogen-bond donors (Lipinski definition) is 3. The number of carbonyl (C=O) groups is 1. The van der Waals surface area contributed by atoms with E-state index in [9.17, 15) is 9.90 Å². The Morgan fingerprint density at radius 3 is 2.69 bits per heavy atom. The van der Waals surface area contributed by atoms with E-state index in [0.29, 0.717) is 11.5 Å². The lowest BCUT2D eigenvalue weighted by molar-refractivity contribution is 0.0958. The van der Waals surface area contributed by atoms with E-state index in [1.54, 1.807) is 19.2 Å². The minimum atomic E-state index is -0.234. The van der Waals surface area contributed by atoms with Gasteiger partial charge in [0.25, 0.3) is 5.91 Å². The lowest BCUT2D eigenvalue weighted by Crippen LogP contribution is -2.25. The van der Waals surface area contributed by atoms with Crippen LogP contribution in [0.15, 0.2) is 24.3 Å². The second-order valence-electron chi connectivity index (χ2n) is 7.81. The summed E-state index contributed by atoms with van der Waals surface area (Å²) in [5.74, 6) is 1.47. The molecular formula is C19H27N5O2. The molecule has 0 aliphatic heterocycles. The third-order valence-electron chi connectivity index (χ3n) is 4.65. The summed E-state index contributed by atoms with van der Waals surface area (Å²) in [5, 5.41) is 20.5. The summed E-state index contributed by atoms with van der Waals surface area (Å²) >= 11 is 0. The largest absolute Gasteiger partial charge is 0.393 e. The van der Waals surface area contributed by atoms with Crippen LogP contribution in [0.3, 0.4) is 0 Å². The van der Waals surface area contributed by atoms with Crippen molar-refractivity contribution < 1.29 is 9.90 Å². The molecule has 0 radical (unpaired) electrons. The Kier molecular flexibility index (Phi) is 5.00. The van der Waals surface area contributed by atoms with Crippen LogP contribution in [0.25, 0.3) is 0 Å². The van der Waals surface area contributed by atoms with Crippen molar-refractivity contribution in [3.63, 3.8) is 0 Å². The molecule has 1 saturated carbocycles. The van der Waals surface area contributed by atoms with Crippen LogP contribution in [0.4, 0.5) is 11.6 Å². The van der Waals surface area contributed by atoms with Gasteiger partial charge in [-0.15, -0.1) is 0 Å². The number of rotatable bonds is 4. The molecule has 0 bridgehead atoms. The van der Waals surface area contributed by atoms with Gasteiger partial charge in [-0.2, -0.15) is 5.10 Å². The third kappa shape index (κ3) is 3.88. The van der Waals surface area contributed by atoms with Gasteiger partial charge in [-0.25, -0.2) is 9.67 Å². The molecule has 2 atom stereocenters. The van der Waals surface area contributed by atoms with Crippen molar-refractivity contribution in [2.45, 2.75) is 57.6 Å². The molecule has 1 fully saturated rings. The number of pyridine rings is 1. The predicted octanol–water partition coefficient (Wildman–Crippen LogP) is 2.76. The summed E-state index contributed by atoms with van der Waals surface area (Å²) in [7, 11) is 1.58. The maximum absolute atomic E-state index is 11.8. The summed E-state index contributed by atoms with van der Waals surface area (Å²) in [5.41, 5.74) is 1.14. The Balaban J connectivity index is 1.91. The molecule has 0 aromatic carbocycles. The Labute approximate surface area is 153 Å². The van der Waals surface area contributed by atoms with Crippen molar-refractivity contribution in [3.8, 4) is 0 Å². The first kappa shape index (κ1) is 18.4. The number of carbonyl (C=O) groups excluding carboxylic acids is 1. The highest BCUT2D eigenvalue weighted by Crippen LogP contribution is 2.36. The second-order valence-corrected chi connectivity index (χ2v) is 7.81. The average Bonchev–Trinajstić information content (AvgIpc) is 3.20. The van der Waals surface area contributed by atoms with Gasteiger partial charge in [-0.1, -0.05) is 6.07 Å². The van der Waals surface area contributed by atoms with Gasteiger partial charge in [-0.05, 0) is 52.2 Å². The Morgan fingerprint density at radius 2 is 2.08 bits per heavy atom. The van der Waals surface area contributed by atoms with Crippen LogP contribution in [-0.2, 0) is 5.54 Å². The van der Waals surface area contributed by atoms with Gasteiger partial charge in [0, 0.05) is 19.0 Å². The van der Waals surface area contributed by atoms with Crippen molar-refractivity contribution in [3.05, 3.63) is 35.7 Å². The second kappa shape index (κ2) is 7.07. The molecule has 2 aromatic heterocycles. The van der Waals surface area contributed by atoms with Crippen LogP contribution in [0.2, 0.25) is 0 Å². The number of aliphatic hydroxyl groups excluding tert-OH is 1. The van der Waals surface area contributed by atoms with E-state index in [2.05, 4.69) is 36.4 Å². The van der Waals surface area contributed by atoms with Gasteiger partial charge in [0.15, 0.2) is 0 Å². The molecule has 0 spiro atoms. The summed E-state index contributed by atoms with van der Waals surface area (Å²) in [6.45, 7) is 6.27. The third-order valence-corrected chi connectivity index (χ3v) is 4.65. The molecule has 1 aliphatic rings. The number of aromatic nitrogens is 3. The zero-order valence-electron chi connectivity index (χ0n) is 15.8. The molecule has 3 rings (SSSR count). The van der Waals surface area contributed by atoms with Crippen molar-refractivity contribution >= 4 is 17.5 Å². The first-order valence-corrected chi connectivity index (χ1v) is 9.02. The SMILES string of the molecule is CNC(=O)c1cccc(Nc2cc([C@H]3CC[C@@H](O)C3)nn2C(C)(C)C)n1. The fraction of sp³-hybridized carbons (Fsp3) is 0.526. The van der Waals surface area contributed by atoms with E-state index < -0.39 is 0 Å². The zero-order valence-corrected chi connectivity index (χ0v) is 15.8. The number of nitrogens with one attached hydrogen (secondary N) is 2. The van der Waals surface area contributed by atoms with Crippen LogP contribution >= 0.6 is 0 Å². The van der Waals surface area contributed by atoms with Gasteiger partial charge in [0.2, 0.25) is 0 Å². The Morgan fingerprint density at radius 1 is 1.31 bits per heavy atom. The van der Waals surface area contributed by atoms with E-state index in [0.717, 1.165) is 30.8 Å². The van der Waals surface area contributed by atoms with Gasteiger partial charge in [0.1, 0.15) is 17.3 Å². The van der Waals surface area contributed by atoms with E-state index in [1.165, 1.54) is 0 Å². The minimum absolute atomic E-state index is 0.212. The van der Waals surface area contributed by atoms with Gasteiger partial charge in [0.05, 0.1) is 17.3 Å². The number of aliphatic hydroxyl groups is 1. The van der Waals surface area contributed by atoms with E-state index in [4.69, 9.17) is 5.10 Å². The fourth-order valence-electron chi connectivity index (χ4n) is 3.32. The molecule has 0 saturated heterocycles. The first-order chi connectivity index (χ1) is 12.3. The number of nitrogens with zero attached hydrogens (tertiary/aromatic N) is 3. The monoisotopic (exact) mass is 357 g/mol. The maximum Gasteiger partial charge on any atom is 0.269 e. The molecule has 7 nitrogen and oxygen atoms in total. The zero-order chi connectivity index (χ0) is 18.9. The van der Waals surface area contributed by atoms with Crippen LogP contribution in [0, 0.1) is 0 Å². The van der Waals surface area contributed by atoms with Crippen molar-refractivity contribution in [2.24, 2.45) is 0 Å². The standard InChI is InChI=1S/C19H27N5O2/c1-19(2,3)24-17(11-15(23-24)12-8-9-13(25)10-12)22-16-7-5-6-14(21-16)18(26)20-4/h5-7,11-13,25H,8-10H2,1-4H3,(H,20,26)(H,21,22)/t12-,13+/m0/s1. The van der Waals surface area contributed by atoms with E-state index in [-0.39, 0.29) is 23.5 Å². The normalized spacial score (nSPS) is 20.2. The summed E-state index contributed by atoms with van der Waals surface area (Å²) < 4.78 is 1.95. The van der Waals surface area contributed by atoms with Crippen LogP contribution < -0.4 is 10.6 Å². The van der Waals surface area contributed by atoms with Crippen molar-refractivity contribution in [2.75, 3.05) is 12.4 Å². The molecule has 0 unspecified atom stereocenters. The van der Waals surface area contributed by atoms with Crippen LogP contribution in [-0.4, -0.2) is 38.9 Å². The van der Waals surface area contributed by atoms with Crippen molar-refractivity contribution in [1.82, 2.24) is 20.1 Å². The lowest BCUT2D eigenvalue weighted by atomic mass is 10.0. The molecule has 3 N–H and O–H groups in total. The number of amides is 1. The van der Waals surface area contributed by atoms with Crippen LogP contribution in [0.5, 0.6) is 0 Å². The first-order valence-electron chi connectivity index (χ1n) is 9.02. The number of anilines is 2. The topological polar surface area (TPSA) is 92.1 Å². The highest BCUT2D eigenvalue weighted by Gasteiger charge is 2.29. The highest BCUT2D eigenvalue weighted by molar-refractivity contribution is 5.92. The lowest BCUT2D eigenvalue weighted by Gasteiger charge is -2.22. The molecule has 1 amide bonds. The Hall–Kier alpha value is -2.41. The van der Waals surface area contributed by atoms with E-state index in [1.807, 2.05) is 16.8 Å². The van der Waals surface area contributed by atoms with Gasteiger partial charge >= 0.3 is 0 Å². The fourth-order valence-corrected chi connectivity index (χ4v) is 3.32. The highest BCUT2D eigenvalue weighted by atomic mass is 16.3. The predicted molar refractivity (Wildman–Crippen MR) is 101 cm³/mol. The quantitative estimate of drug-likeness (QED) is 0.782.